The largest absolute Gasteiger partial charge is 0.378 e. The molecule has 0 unspecified atom stereocenters. The normalized spacial score (nSPS) is 17.7. The second-order valence-corrected chi connectivity index (χ2v) is 6.02. The van der Waals surface area contributed by atoms with E-state index in [1.165, 1.54) is 30.7 Å². The van der Waals surface area contributed by atoms with Crippen LogP contribution in [0.4, 0.5) is 4.39 Å². The molecule has 0 aliphatic carbocycles. The van der Waals surface area contributed by atoms with E-state index in [2.05, 4.69) is 0 Å². The van der Waals surface area contributed by atoms with Gasteiger partial charge in [0.1, 0.15) is 5.82 Å². The summed E-state index contributed by atoms with van der Waals surface area (Å²) >= 11 is 0. The Kier molecular flexibility index (Phi) is 6.71. The van der Waals surface area contributed by atoms with Gasteiger partial charge >= 0.3 is 0 Å². The molecule has 0 N–H and O–H groups in total. The number of rotatable bonds is 7. The van der Waals surface area contributed by atoms with Gasteiger partial charge in [0.25, 0.3) is 0 Å². The Morgan fingerprint density at radius 2 is 1.96 bits per heavy atom. The highest BCUT2D eigenvalue weighted by atomic mass is 19.1. The first-order chi connectivity index (χ1) is 11.1. The third-order valence-electron chi connectivity index (χ3n) is 4.22. The van der Waals surface area contributed by atoms with Crippen molar-refractivity contribution in [2.75, 3.05) is 20.2 Å². The summed E-state index contributed by atoms with van der Waals surface area (Å²) in [6.45, 7) is 1.46. The molecule has 4 nitrogen and oxygen atoms in total. The van der Waals surface area contributed by atoms with Crippen LogP contribution in [-0.2, 0) is 9.53 Å². The van der Waals surface area contributed by atoms with Crippen LogP contribution >= 0.6 is 0 Å². The van der Waals surface area contributed by atoms with Crippen molar-refractivity contribution < 1.29 is 18.7 Å². The average molecular weight is 321 g/mol. The lowest BCUT2D eigenvalue weighted by atomic mass is 10.1. The molecule has 0 spiro atoms. The maximum Gasteiger partial charge on any atom is 0.222 e. The van der Waals surface area contributed by atoms with Gasteiger partial charge in [0.2, 0.25) is 5.91 Å². The summed E-state index contributed by atoms with van der Waals surface area (Å²) < 4.78 is 18.5. The zero-order valence-electron chi connectivity index (χ0n) is 13.6. The van der Waals surface area contributed by atoms with Crippen LogP contribution in [0, 0.1) is 5.82 Å². The number of benzene rings is 1. The molecule has 1 atom stereocenters. The molecule has 0 saturated carbocycles. The molecular weight excluding hydrogens is 297 g/mol. The maximum absolute atomic E-state index is 12.8. The number of hydrogen-bond donors (Lipinski definition) is 0. The Labute approximate surface area is 136 Å². The van der Waals surface area contributed by atoms with Gasteiger partial charge in [-0.25, -0.2) is 4.39 Å². The lowest BCUT2D eigenvalue weighted by Crippen LogP contribution is -2.31. The molecule has 1 fully saturated rings. The number of carbonyl (C=O) groups is 2. The van der Waals surface area contributed by atoms with E-state index in [1.54, 1.807) is 11.9 Å². The summed E-state index contributed by atoms with van der Waals surface area (Å²) in [4.78, 5) is 25.7. The average Bonchev–Trinajstić information content (AvgIpc) is 2.58. The van der Waals surface area contributed by atoms with E-state index in [0.717, 1.165) is 25.9 Å². The van der Waals surface area contributed by atoms with Crippen molar-refractivity contribution in [3.63, 3.8) is 0 Å². The van der Waals surface area contributed by atoms with Gasteiger partial charge in [0, 0.05) is 38.6 Å². The standard InChI is InChI=1S/C18H24FNO3/c1-20(12-11-16-4-2-3-13-23-16)18(22)10-9-17(21)14-5-7-15(19)8-6-14/h5-8,16H,2-4,9-13H2,1H3/t16-/m1/s1. The monoisotopic (exact) mass is 321 g/mol. The minimum atomic E-state index is -0.373. The number of Topliss-reactive ketones (excluding diaryl/α,β-unsaturated/α-hetero) is 1. The predicted molar refractivity (Wildman–Crippen MR) is 85.8 cm³/mol. The van der Waals surface area contributed by atoms with Crippen molar-refractivity contribution in [3.8, 4) is 0 Å². The minimum absolute atomic E-state index is 0.0451. The van der Waals surface area contributed by atoms with E-state index in [0.29, 0.717) is 12.1 Å². The van der Waals surface area contributed by atoms with Crippen LogP contribution in [0.2, 0.25) is 0 Å². The van der Waals surface area contributed by atoms with E-state index < -0.39 is 0 Å². The van der Waals surface area contributed by atoms with Gasteiger partial charge < -0.3 is 9.64 Å². The van der Waals surface area contributed by atoms with Gasteiger partial charge in [-0.2, -0.15) is 0 Å². The van der Waals surface area contributed by atoms with E-state index in [1.807, 2.05) is 0 Å². The van der Waals surface area contributed by atoms with Crippen LogP contribution < -0.4 is 0 Å². The third-order valence-corrected chi connectivity index (χ3v) is 4.22. The van der Waals surface area contributed by atoms with Crippen LogP contribution in [0.25, 0.3) is 0 Å². The van der Waals surface area contributed by atoms with Crippen LogP contribution in [0.5, 0.6) is 0 Å². The van der Waals surface area contributed by atoms with Crippen LogP contribution in [0.3, 0.4) is 0 Å². The van der Waals surface area contributed by atoms with E-state index in [9.17, 15) is 14.0 Å². The number of nitrogens with zero attached hydrogens (tertiary/aromatic N) is 1. The maximum atomic E-state index is 12.8. The van der Waals surface area contributed by atoms with E-state index in [-0.39, 0.29) is 36.5 Å². The third kappa shape index (κ3) is 5.75. The lowest BCUT2D eigenvalue weighted by molar-refractivity contribution is -0.130. The van der Waals surface area contributed by atoms with E-state index in [4.69, 9.17) is 4.74 Å². The number of ether oxygens (including phenoxy) is 1. The number of amides is 1. The summed E-state index contributed by atoms with van der Waals surface area (Å²) in [5.41, 5.74) is 0.442. The van der Waals surface area contributed by atoms with Gasteiger partial charge in [0.05, 0.1) is 6.10 Å². The predicted octanol–water partition coefficient (Wildman–Crippen LogP) is 3.21. The minimum Gasteiger partial charge on any atom is -0.378 e. The Balaban J connectivity index is 1.70. The smallest absolute Gasteiger partial charge is 0.222 e. The molecule has 1 aliphatic heterocycles. The van der Waals surface area contributed by atoms with Gasteiger partial charge in [0.15, 0.2) is 5.78 Å². The topological polar surface area (TPSA) is 46.6 Å². The molecule has 1 aromatic rings. The quantitative estimate of drug-likeness (QED) is 0.725. The Hall–Kier alpha value is -1.75. The fourth-order valence-electron chi connectivity index (χ4n) is 2.69. The van der Waals surface area contributed by atoms with Crippen LogP contribution in [0.15, 0.2) is 24.3 Å². The summed E-state index contributed by atoms with van der Waals surface area (Å²) in [6.07, 6.45) is 4.79. The second-order valence-electron chi connectivity index (χ2n) is 6.02. The molecule has 2 rings (SSSR count). The Morgan fingerprint density at radius 3 is 2.61 bits per heavy atom. The first-order valence-corrected chi connectivity index (χ1v) is 8.20. The molecule has 1 saturated heterocycles. The lowest BCUT2D eigenvalue weighted by Gasteiger charge is -2.25. The summed E-state index contributed by atoms with van der Waals surface area (Å²) in [5, 5.41) is 0. The first kappa shape index (κ1) is 17.6. The molecule has 1 aromatic carbocycles. The summed E-state index contributed by atoms with van der Waals surface area (Å²) in [7, 11) is 1.76. The highest BCUT2D eigenvalue weighted by Gasteiger charge is 2.17. The van der Waals surface area contributed by atoms with Gasteiger partial charge in [-0.15, -0.1) is 0 Å². The van der Waals surface area contributed by atoms with Crippen molar-refractivity contribution in [2.24, 2.45) is 0 Å². The van der Waals surface area contributed by atoms with Crippen LogP contribution in [-0.4, -0.2) is 42.9 Å². The molecule has 5 heteroatoms. The first-order valence-electron chi connectivity index (χ1n) is 8.20. The molecule has 1 heterocycles. The zero-order chi connectivity index (χ0) is 16.7. The van der Waals surface area contributed by atoms with Crippen LogP contribution in [0.1, 0.15) is 48.9 Å². The molecular formula is C18H24FNO3. The molecule has 0 radical (unpaired) electrons. The highest BCUT2D eigenvalue weighted by Crippen LogP contribution is 2.16. The zero-order valence-corrected chi connectivity index (χ0v) is 13.6. The number of carbonyl (C=O) groups excluding carboxylic acids is 2. The number of hydrogen-bond acceptors (Lipinski definition) is 3. The van der Waals surface area contributed by atoms with Gasteiger partial charge in [-0.05, 0) is 49.9 Å². The summed E-state index contributed by atoms with van der Waals surface area (Å²) in [6, 6.07) is 5.41. The van der Waals surface area contributed by atoms with Crippen molar-refractivity contribution in [2.45, 2.75) is 44.6 Å². The number of ketones is 1. The highest BCUT2D eigenvalue weighted by molar-refractivity contribution is 5.97. The van der Waals surface area contributed by atoms with Crippen molar-refractivity contribution >= 4 is 11.7 Å². The Morgan fingerprint density at radius 1 is 1.22 bits per heavy atom. The van der Waals surface area contributed by atoms with Gasteiger partial charge in [-0.1, -0.05) is 0 Å². The molecule has 0 bridgehead atoms. The van der Waals surface area contributed by atoms with Gasteiger partial charge in [-0.3, -0.25) is 9.59 Å². The molecule has 126 valence electrons. The van der Waals surface area contributed by atoms with E-state index >= 15 is 0 Å². The molecule has 1 aliphatic rings. The van der Waals surface area contributed by atoms with Crippen molar-refractivity contribution in [1.29, 1.82) is 0 Å². The Bertz CT molecular complexity index is 524. The summed E-state index contributed by atoms with van der Waals surface area (Å²) in [5.74, 6) is -0.555. The molecule has 0 aromatic heterocycles. The van der Waals surface area contributed by atoms with Crippen molar-refractivity contribution in [3.05, 3.63) is 35.6 Å². The fourth-order valence-corrected chi connectivity index (χ4v) is 2.69. The van der Waals surface area contributed by atoms with Crippen molar-refractivity contribution in [1.82, 2.24) is 4.90 Å². The SMILES string of the molecule is CN(CC[C@H]1CCCCO1)C(=O)CCC(=O)c1ccc(F)cc1. The molecule has 23 heavy (non-hydrogen) atoms. The second kappa shape index (κ2) is 8.77. The molecule has 1 amide bonds. The fraction of sp³-hybridized carbons (Fsp3) is 0.556. The number of halogens is 1.